The first-order valence-electron chi connectivity index (χ1n) is 9.69. The highest BCUT2D eigenvalue weighted by Gasteiger charge is 2.30. The number of benzene rings is 2. The maximum absolute atomic E-state index is 12.9. The maximum Gasteiger partial charge on any atom is 0.338 e. The molecule has 1 aliphatic rings. The fourth-order valence-electron chi connectivity index (χ4n) is 3.58. The summed E-state index contributed by atoms with van der Waals surface area (Å²) in [5, 5.41) is 10.9. The minimum absolute atomic E-state index is 0.151. The number of carbonyl (C=O) groups excluding carboxylic acids is 3. The van der Waals surface area contributed by atoms with E-state index >= 15 is 0 Å². The number of esters is 1. The van der Waals surface area contributed by atoms with Crippen LogP contribution in [0.15, 0.2) is 42.5 Å². The number of hydrogen-bond acceptors (Lipinski definition) is 6. The van der Waals surface area contributed by atoms with Crippen molar-refractivity contribution in [1.82, 2.24) is 15.0 Å². The van der Waals surface area contributed by atoms with E-state index in [1.807, 2.05) is 6.92 Å². The lowest BCUT2D eigenvalue weighted by atomic mass is 10.1. The Kier molecular flexibility index (Phi) is 5.18. The molecule has 0 aliphatic carbocycles. The van der Waals surface area contributed by atoms with Crippen LogP contribution in [0.2, 0.25) is 0 Å². The molecule has 1 aromatic heterocycles. The third kappa shape index (κ3) is 3.61. The molecule has 154 valence electrons. The number of hydrogen-bond donors (Lipinski definition) is 1. The minimum Gasteiger partial charge on any atom is -0.452 e. The van der Waals surface area contributed by atoms with Crippen LogP contribution in [0.4, 0.5) is 11.4 Å². The summed E-state index contributed by atoms with van der Waals surface area (Å²) in [5.74, 6) is -1.20. The Labute approximate surface area is 172 Å². The van der Waals surface area contributed by atoms with Crippen LogP contribution in [-0.4, -0.2) is 45.4 Å². The number of aryl methyl sites for hydroxylation is 1. The van der Waals surface area contributed by atoms with Gasteiger partial charge in [-0.3, -0.25) is 9.59 Å². The Morgan fingerprint density at radius 2 is 2.03 bits per heavy atom. The minimum atomic E-state index is -0.624. The van der Waals surface area contributed by atoms with Crippen LogP contribution in [0, 0.1) is 0 Å². The van der Waals surface area contributed by atoms with Gasteiger partial charge in [0.15, 0.2) is 6.61 Å². The Morgan fingerprint density at radius 3 is 2.83 bits per heavy atom. The quantitative estimate of drug-likeness (QED) is 0.666. The lowest BCUT2D eigenvalue weighted by Gasteiger charge is -2.27. The van der Waals surface area contributed by atoms with Gasteiger partial charge in [-0.05, 0) is 44.2 Å². The Balaban J connectivity index is 1.50. The molecule has 2 amide bonds. The Bertz CT molecular complexity index is 1140. The van der Waals surface area contributed by atoms with Crippen LogP contribution in [-0.2, 0) is 20.9 Å². The number of carbonyl (C=O) groups is 3. The zero-order valence-corrected chi connectivity index (χ0v) is 16.7. The monoisotopic (exact) mass is 407 g/mol. The van der Waals surface area contributed by atoms with Gasteiger partial charge < -0.3 is 15.0 Å². The molecular weight excluding hydrogens is 386 g/mol. The molecule has 4 rings (SSSR count). The van der Waals surface area contributed by atoms with Crippen molar-refractivity contribution in [3.05, 3.63) is 48.0 Å². The first-order chi connectivity index (χ1) is 14.5. The van der Waals surface area contributed by atoms with E-state index in [2.05, 4.69) is 15.6 Å². The SMILES string of the molecule is CCn1nnc2cc(C(=O)OCC(=O)N3c4ccccc4NC(=O)C[C@@H]3C)ccc21. The number of aromatic nitrogens is 3. The first kappa shape index (κ1) is 19.6. The van der Waals surface area contributed by atoms with Crippen molar-refractivity contribution >= 4 is 40.2 Å². The molecule has 1 aliphatic heterocycles. The molecule has 0 saturated heterocycles. The molecule has 0 saturated carbocycles. The Hall–Kier alpha value is -3.75. The number of ether oxygens (including phenoxy) is 1. The van der Waals surface area contributed by atoms with Crippen LogP contribution in [0.3, 0.4) is 0 Å². The molecule has 0 radical (unpaired) electrons. The number of rotatable bonds is 4. The number of anilines is 2. The summed E-state index contributed by atoms with van der Waals surface area (Å²) in [5.41, 5.74) is 2.82. The third-order valence-corrected chi connectivity index (χ3v) is 5.00. The molecule has 2 aromatic carbocycles. The highest BCUT2D eigenvalue weighted by Crippen LogP contribution is 2.31. The van der Waals surface area contributed by atoms with Crippen LogP contribution in [0.1, 0.15) is 30.6 Å². The smallest absolute Gasteiger partial charge is 0.338 e. The normalized spacial score (nSPS) is 16.0. The average molecular weight is 407 g/mol. The van der Waals surface area contributed by atoms with Gasteiger partial charge in [-0.15, -0.1) is 5.10 Å². The van der Waals surface area contributed by atoms with Crippen LogP contribution in [0.5, 0.6) is 0 Å². The second-order valence-electron chi connectivity index (χ2n) is 7.07. The summed E-state index contributed by atoms with van der Waals surface area (Å²) >= 11 is 0. The van der Waals surface area contributed by atoms with Crippen molar-refractivity contribution in [3.63, 3.8) is 0 Å². The average Bonchev–Trinajstić information content (AvgIpc) is 3.09. The van der Waals surface area contributed by atoms with Crippen LogP contribution >= 0.6 is 0 Å². The van der Waals surface area contributed by atoms with Crippen molar-refractivity contribution < 1.29 is 19.1 Å². The standard InChI is InChI=1S/C21H21N5O4/c1-3-25-17-9-8-14(11-16(17)23-24-25)21(29)30-12-20(28)26-13(2)10-19(27)22-15-6-4-5-7-18(15)26/h4-9,11,13H,3,10,12H2,1-2H3,(H,22,27)/t13-/m0/s1. The Morgan fingerprint density at radius 1 is 1.23 bits per heavy atom. The predicted octanol–water partition coefficient (Wildman–Crippen LogP) is 2.37. The van der Waals surface area contributed by atoms with Gasteiger partial charge in [0.25, 0.3) is 5.91 Å². The highest BCUT2D eigenvalue weighted by molar-refractivity contribution is 6.05. The van der Waals surface area contributed by atoms with Crippen molar-refractivity contribution in [3.8, 4) is 0 Å². The van der Waals surface area contributed by atoms with Gasteiger partial charge in [-0.25, -0.2) is 9.48 Å². The van der Waals surface area contributed by atoms with Crippen molar-refractivity contribution in [2.75, 3.05) is 16.8 Å². The summed E-state index contributed by atoms with van der Waals surface area (Å²) < 4.78 is 6.99. The number of para-hydroxylation sites is 2. The van der Waals surface area contributed by atoms with Gasteiger partial charge in [-0.1, -0.05) is 17.3 Å². The summed E-state index contributed by atoms with van der Waals surface area (Å²) in [6.45, 7) is 3.96. The van der Waals surface area contributed by atoms with Gasteiger partial charge in [0, 0.05) is 19.0 Å². The summed E-state index contributed by atoms with van der Waals surface area (Å²) in [6, 6.07) is 11.6. The molecule has 0 unspecified atom stereocenters. The molecule has 9 heteroatoms. The molecule has 2 heterocycles. The van der Waals surface area contributed by atoms with Gasteiger partial charge in [0.05, 0.1) is 22.5 Å². The van der Waals surface area contributed by atoms with Crippen molar-refractivity contribution in [1.29, 1.82) is 0 Å². The number of nitrogens with zero attached hydrogens (tertiary/aromatic N) is 4. The fourth-order valence-corrected chi connectivity index (χ4v) is 3.58. The van der Waals surface area contributed by atoms with Crippen LogP contribution < -0.4 is 10.2 Å². The van der Waals surface area contributed by atoms with E-state index in [0.717, 1.165) is 5.52 Å². The first-order valence-corrected chi connectivity index (χ1v) is 9.69. The zero-order chi connectivity index (χ0) is 21.3. The van der Waals surface area contributed by atoms with E-state index in [0.29, 0.717) is 29.0 Å². The molecular formula is C21H21N5O4. The lowest BCUT2D eigenvalue weighted by molar-refractivity contribution is -0.122. The molecule has 1 N–H and O–H groups in total. The van der Waals surface area contributed by atoms with Crippen molar-refractivity contribution in [2.24, 2.45) is 0 Å². The molecule has 9 nitrogen and oxygen atoms in total. The second-order valence-corrected chi connectivity index (χ2v) is 7.07. The topological polar surface area (TPSA) is 106 Å². The highest BCUT2D eigenvalue weighted by atomic mass is 16.5. The number of fused-ring (bicyclic) bond motifs is 2. The molecule has 0 spiro atoms. The summed E-state index contributed by atoms with van der Waals surface area (Å²) in [7, 11) is 0. The van der Waals surface area contributed by atoms with Crippen molar-refractivity contribution in [2.45, 2.75) is 32.9 Å². The van der Waals surface area contributed by atoms with Crippen LogP contribution in [0.25, 0.3) is 11.0 Å². The molecule has 0 bridgehead atoms. The third-order valence-electron chi connectivity index (χ3n) is 5.00. The lowest BCUT2D eigenvalue weighted by Crippen LogP contribution is -2.41. The predicted molar refractivity (Wildman–Crippen MR) is 110 cm³/mol. The summed E-state index contributed by atoms with van der Waals surface area (Å²) in [4.78, 5) is 38.9. The maximum atomic E-state index is 12.9. The van der Waals surface area contributed by atoms with E-state index in [1.54, 1.807) is 54.1 Å². The molecule has 30 heavy (non-hydrogen) atoms. The largest absolute Gasteiger partial charge is 0.452 e. The van der Waals surface area contributed by atoms with E-state index in [4.69, 9.17) is 4.74 Å². The van der Waals surface area contributed by atoms with E-state index < -0.39 is 18.5 Å². The zero-order valence-electron chi connectivity index (χ0n) is 16.7. The number of nitrogens with one attached hydrogen (secondary N) is 1. The fraction of sp³-hybridized carbons (Fsp3) is 0.286. The van der Waals surface area contributed by atoms with E-state index in [1.165, 1.54) is 4.90 Å². The van der Waals surface area contributed by atoms with Gasteiger partial charge in [0.2, 0.25) is 5.91 Å². The molecule has 3 aromatic rings. The molecule has 1 atom stereocenters. The van der Waals surface area contributed by atoms with Gasteiger partial charge in [-0.2, -0.15) is 0 Å². The second kappa shape index (κ2) is 7.94. The van der Waals surface area contributed by atoms with Gasteiger partial charge >= 0.3 is 5.97 Å². The van der Waals surface area contributed by atoms with E-state index in [9.17, 15) is 14.4 Å². The van der Waals surface area contributed by atoms with Gasteiger partial charge in [0.1, 0.15) is 5.52 Å². The van der Waals surface area contributed by atoms with E-state index in [-0.39, 0.29) is 18.4 Å². The summed E-state index contributed by atoms with van der Waals surface area (Å²) in [6.07, 6.45) is 0.151. The molecule has 0 fully saturated rings. The number of amides is 2.